The molecule has 0 amide bonds. The first kappa shape index (κ1) is 11.7. The minimum absolute atomic E-state index is 0.466. The van der Waals surface area contributed by atoms with Crippen LogP contribution in [0.3, 0.4) is 0 Å². The molecule has 2 N–H and O–H groups in total. The summed E-state index contributed by atoms with van der Waals surface area (Å²) in [6.45, 7) is 0.466. The van der Waals surface area contributed by atoms with Gasteiger partial charge in [-0.15, -0.1) is 0 Å². The lowest BCUT2D eigenvalue weighted by molar-refractivity contribution is 0.414. The van der Waals surface area contributed by atoms with E-state index in [9.17, 15) is 0 Å². The van der Waals surface area contributed by atoms with E-state index in [2.05, 4.69) is 5.10 Å². The lowest BCUT2D eigenvalue weighted by Crippen LogP contribution is -2.06. The number of aromatic nitrogens is 2. The number of hydrogen-bond donors (Lipinski definition) is 1. The van der Waals surface area contributed by atoms with E-state index in [0.717, 1.165) is 27.9 Å². The Kier molecular flexibility index (Phi) is 2.93. The van der Waals surface area contributed by atoms with Crippen molar-refractivity contribution in [2.75, 3.05) is 7.11 Å². The van der Waals surface area contributed by atoms with Crippen LogP contribution < -0.4 is 10.5 Å². The Morgan fingerprint density at radius 2 is 2.05 bits per heavy atom. The van der Waals surface area contributed by atoms with Crippen LogP contribution in [0.5, 0.6) is 5.75 Å². The van der Waals surface area contributed by atoms with Gasteiger partial charge in [-0.05, 0) is 17.7 Å². The van der Waals surface area contributed by atoms with Gasteiger partial charge in [0.25, 0.3) is 0 Å². The number of hydrogen-bond acceptors (Lipinski definition) is 3. The van der Waals surface area contributed by atoms with E-state index in [0.29, 0.717) is 6.54 Å². The molecule has 96 valence electrons. The summed E-state index contributed by atoms with van der Waals surface area (Å²) in [5.74, 6) is 0.798. The van der Waals surface area contributed by atoms with E-state index in [4.69, 9.17) is 10.5 Å². The summed E-state index contributed by atoms with van der Waals surface area (Å²) in [7, 11) is 1.66. The van der Waals surface area contributed by atoms with Gasteiger partial charge < -0.3 is 10.5 Å². The molecular weight excluding hydrogens is 238 g/mol. The maximum Gasteiger partial charge on any atom is 0.121 e. The summed E-state index contributed by atoms with van der Waals surface area (Å²) in [6.07, 6.45) is 1.86. The average molecular weight is 253 g/mol. The Balaban J connectivity index is 2.25. The average Bonchev–Trinajstić information content (AvgIpc) is 2.90. The highest BCUT2D eigenvalue weighted by atomic mass is 16.5. The summed E-state index contributed by atoms with van der Waals surface area (Å²) in [6, 6.07) is 13.9. The van der Waals surface area contributed by atoms with Crippen molar-refractivity contribution in [2.24, 2.45) is 5.73 Å². The van der Waals surface area contributed by atoms with Gasteiger partial charge in [-0.25, -0.2) is 4.68 Å². The SMILES string of the molecule is COc1ccc(CN)c(-n2ncc3ccccc32)c1. The summed E-state index contributed by atoms with van der Waals surface area (Å²) in [4.78, 5) is 0. The molecule has 0 fully saturated rings. The standard InChI is InChI=1S/C15H15N3O/c1-19-13-7-6-11(9-16)15(8-13)18-14-5-3-2-4-12(14)10-17-18/h2-8,10H,9,16H2,1H3. The molecule has 0 aliphatic rings. The molecule has 0 saturated heterocycles. The fourth-order valence-corrected chi connectivity index (χ4v) is 2.20. The molecule has 19 heavy (non-hydrogen) atoms. The van der Waals surface area contributed by atoms with Crippen LogP contribution in [-0.2, 0) is 6.54 Å². The highest BCUT2D eigenvalue weighted by molar-refractivity contribution is 5.80. The first-order chi connectivity index (χ1) is 9.33. The van der Waals surface area contributed by atoms with Crippen LogP contribution in [-0.4, -0.2) is 16.9 Å². The molecule has 0 aliphatic carbocycles. The van der Waals surface area contributed by atoms with Gasteiger partial charge in [-0.1, -0.05) is 24.3 Å². The molecule has 1 heterocycles. The second-order valence-electron chi connectivity index (χ2n) is 4.31. The molecule has 3 rings (SSSR count). The third-order valence-electron chi connectivity index (χ3n) is 3.22. The van der Waals surface area contributed by atoms with Crippen molar-refractivity contribution in [3.8, 4) is 11.4 Å². The van der Waals surface area contributed by atoms with Gasteiger partial charge in [0.05, 0.1) is 24.5 Å². The predicted octanol–water partition coefficient (Wildman–Crippen LogP) is 2.49. The fourth-order valence-electron chi connectivity index (χ4n) is 2.20. The molecule has 0 atom stereocenters. The second-order valence-corrected chi connectivity index (χ2v) is 4.31. The Hall–Kier alpha value is -2.33. The monoisotopic (exact) mass is 253 g/mol. The van der Waals surface area contributed by atoms with Crippen molar-refractivity contribution >= 4 is 10.9 Å². The summed E-state index contributed by atoms with van der Waals surface area (Å²) in [5.41, 5.74) is 8.87. The van der Waals surface area contributed by atoms with Crippen molar-refractivity contribution in [1.82, 2.24) is 9.78 Å². The number of fused-ring (bicyclic) bond motifs is 1. The molecule has 4 heteroatoms. The van der Waals surface area contributed by atoms with E-state index in [-0.39, 0.29) is 0 Å². The van der Waals surface area contributed by atoms with E-state index in [1.165, 1.54) is 0 Å². The summed E-state index contributed by atoms with van der Waals surface area (Å²) < 4.78 is 7.19. The summed E-state index contributed by atoms with van der Waals surface area (Å²) in [5, 5.41) is 5.56. The predicted molar refractivity (Wildman–Crippen MR) is 75.5 cm³/mol. The molecule has 1 aromatic heterocycles. The zero-order valence-corrected chi connectivity index (χ0v) is 10.7. The van der Waals surface area contributed by atoms with Gasteiger partial charge in [-0.2, -0.15) is 5.10 Å². The van der Waals surface area contributed by atoms with Gasteiger partial charge in [0.1, 0.15) is 5.75 Å². The Morgan fingerprint density at radius 1 is 1.21 bits per heavy atom. The number of methoxy groups -OCH3 is 1. The lowest BCUT2D eigenvalue weighted by atomic mass is 10.1. The number of benzene rings is 2. The number of rotatable bonds is 3. The molecule has 2 aromatic carbocycles. The van der Waals surface area contributed by atoms with Crippen molar-refractivity contribution in [2.45, 2.75) is 6.54 Å². The van der Waals surface area contributed by atoms with E-state index >= 15 is 0 Å². The zero-order chi connectivity index (χ0) is 13.2. The highest BCUT2D eigenvalue weighted by Crippen LogP contribution is 2.24. The van der Waals surface area contributed by atoms with Gasteiger partial charge in [-0.3, -0.25) is 0 Å². The molecule has 0 spiro atoms. The van der Waals surface area contributed by atoms with Crippen molar-refractivity contribution in [1.29, 1.82) is 0 Å². The smallest absolute Gasteiger partial charge is 0.121 e. The minimum Gasteiger partial charge on any atom is -0.497 e. The number of nitrogens with two attached hydrogens (primary N) is 1. The number of nitrogens with zero attached hydrogens (tertiary/aromatic N) is 2. The van der Waals surface area contributed by atoms with Gasteiger partial charge in [0, 0.05) is 18.0 Å². The van der Waals surface area contributed by atoms with E-state index in [1.54, 1.807) is 7.11 Å². The van der Waals surface area contributed by atoms with Crippen LogP contribution in [0.2, 0.25) is 0 Å². The Bertz CT molecular complexity index is 718. The fraction of sp³-hybridized carbons (Fsp3) is 0.133. The van der Waals surface area contributed by atoms with Gasteiger partial charge in [0.15, 0.2) is 0 Å². The first-order valence-corrected chi connectivity index (χ1v) is 6.13. The van der Waals surface area contributed by atoms with Crippen LogP contribution in [0.15, 0.2) is 48.7 Å². The van der Waals surface area contributed by atoms with Crippen LogP contribution >= 0.6 is 0 Å². The van der Waals surface area contributed by atoms with Crippen LogP contribution in [0.25, 0.3) is 16.6 Å². The van der Waals surface area contributed by atoms with E-state index < -0.39 is 0 Å². The van der Waals surface area contributed by atoms with Crippen LogP contribution in [0, 0.1) is 0 Å². The lowest BCUT2D eigenvalue weighted by Gasteiger charge is -2.11. The molecule has 4 nitrogen and oxygen atoms in total. The molecular formula is C15H15N3O. The molecule has 3 aromatic rings. The van der Waals surface area contributed by atoms with Gasteiger partial charge in [0.2, 0.25) is 0 Å². The Morgan fingerprint density at radius 3 is 2.84 bits per heavy atom. The largest absolute Gasteiger partial charge is 0.497 e. The maximum absolute atomic E-state index is 5.81. The molecule has 0 unspecified atom stereocenters. The quantitative estimate of drug-likeness (QED) is 0.780. The van der Waals surface area contributed by atoms with Crippen molar-refractivity contribution in [3.05, 3.63) is 54.2 Å². The summed E-state index contributed by atoms with van der Waals surface area (Å²) >= 11 is 0. The van der Waals surface area contributed by atoms with E-state index in [1.807, 2.05) is 53.3 Å². The number of para-hydroxylation sites is 1. The third kappa shape index (κ3) is 1.96. The molecule has 0 radical (unpaired) electrons. The van der Waals surface area contributed by atoms with Crippen molar-refractivity contribution < 1.29 is 4.74 Å². The Labute approximate surface area is 111 Å². The van der Waals surface area contributed by atoms with Gasteiger partial charge >= 0.3 is 0 Å². The first-order valence-electron chi connectivity index (χ1n) is 6.13. The topological polar surface area (TPSA) is 53.1 Å². The molecule has 0 aliphatic heterocycles. The normalized spacial score (nSPS) is 10.8. The van der Waals surface area contributed by atoms with Crippen LogP contribution in [0.4, 0.5) is 0 Å². The third-order valence-corrected chi connectivity index (χ3v) is 3.22. The molecule has 0 saturated carbocycles. The van der Waals surface area contributed by atoms with Crippen LogP contribution in [0.1, 0.15) is 5.56 Å². The minimum atomic E-state index is 0.466. The number of ether oxygens (including phenoxy) is 1. The van der Waals surface area contributed by atoms with Crippen molar-refractivity contribution in [3.63, 3.8) is 0 Å². The zero-order valence-electron chi connectivity index (χ0n) is 10.7. The second kappa shape index (κ2) is 4.74. The highest BCUT2D eigenvalue weighted by Gasteiger charge is 2.09. The molecule has 0 bridgehead atoms. The maximum atomic E-state index is 5.81.